The highest BCUT2D eigenvalue weighted by Gasteiger charge is 2.25. The molecule has 0 saturated carbocycles. The van der Waals surface area contributed by atoms with E-state index in [2.05, 4.69) is 15.0 Å². The lowest BCUT2D eigenvalue weighted by Gasteiger charge is -2.33. The predicted octanol–water partition coefficient (Wildman–Crippen LogP) is 2.66. The number of para-hydroxylation sites is 1. The van der Waals surface area contributed by atoms with Crippen LogP contribution in [-0.2, 0) is 4.74 Å². The molecule has 3 rings (SSSR count). The largest absolute Gasteiger partial charge is 0.434 e. The zero-order valence-corrected chi connectivity index (χ0v) is 14.1. The maximum atomic E-state index is 12.5. The molecule has 0 spiro atoms. The number of amides is 1. The molecule has 25 heavy (non-hydrogen) atoms. The van der Waals surface area contributed by atoms with Gasteiger partial charge in [-0.15, -0.1) is 0 Å². The predicted molar refractivity (Wildman–Crippen MR) is 89.0 cm³/mol. The first-order chi connectivity index (χ1) is 12.1. The number of likely N-dealkylation sites (tertiary alicyclic amines) is 1. The molecule has 0 radical (unpaired) electrons. The number of hydrogen-bond acceptors (Lipinski definition) is 4. The summed E-state index contributed by atoms with van der Waals surface area (Å²) in [5.41, 5.74) is 0.143. The van der Waals surface area contributed by atoms with Gasteiger partial charge in [-0.05, 0) is 37.8 Å². The van der Waals surface area contributed by atoms with Gasteiger partial charge in [0, 0.05) is 32.3 Å². The van der Waals surface area contributed by atoms with Crippen molar-refractivity contribution in [3.63, 3.8) is 0 Å². The molecular weight excluding hydrogens is 330 g/mol. The van der Waals surface area contributed by atoms with Crippen LogP contribution in [-0.4, -0.2) is 55.8 Å². The van der Waals surface area contributed by atoms with Crippen molar-refractivity contribution in [1.29, 1.82) is 0 Å². The van der Waals surface area contributed by atoms with Gasteiger partial charge in [0.1, 0.15) is 5.75 Å². The average molecular weight is 354 g/mol. The van der Waals surface area contributed by atoms with E-state index in [0.717, 1.165) is 51.9 Å². The fourth-order valence-electron chi connectivity index (χ4n) is 3.45. The normalized spacial score (nSPS) is 22.3. The molecule has 2 heterocycles. The summed E-state index contributed by atoms with van der Waals surface area (Å²) in [5, 5.41) is 2.94. The van der Waals surface area contributed by atoms with Crippen LogP contribution in [0, 0.1) is 0 Å². The maximum absolute atomic E-state index is 12.5. The number of rotatable bonds is 6. The minimum absolute atomic E-state index is 0.0489. The lowest BCUT2D eigenvalue weighted by molar-refractivity contribution is -0.0501. The highest BCUT2D eigenvalue weighted by atomic mass is 19.3. The Hall–Kier alpha value is -1.73. The Morgan fingerprint density at radius 2 is 2.04 bits per heavy atom. The highest BCUT2D eigenvalue weighted by Crippen LogP contribution is 2.21. The minimum atomic E-state index is -2.95. The van der Waals surface area contributed by atoms with Crippen LogP contribution in [0.4, 0.5) is 8.78 Å². The Morgan fingerprint density at radius 3 is 2.72 bits per heavy atom. The summed E-state index contributed by atoms with van der Waals surface area (Å²) < 4.78 is 35.0. The van der Waals surface area contributed by atoms with Crippen molar-refractivity contribution in [3.05, 3.63) is 29.8 Å². The number of nitrogens with zero attached hydrogens (tertiary/aromatic N) is 1. The lowest BCUT2D eigenvalue weighted by atomic mass is 10.0. The van der Waals surface area contributed by atoms with Crippen molar-refractivity contribution >= 4 is 5.91 Å². The zero-order valence-electron chi connectivity index (χ0n) is 14.1. The SMILES string of the molecule is O=C(NC1CCN(C[C@H]2CCCO2)CC1)c1ccccc1OC(F)F. The zero-order chi connectivity index (χ0) is 17.6. The Labute approximate surface area is 146 Å². The first kappa shape index (κ1) is 18.1. The van der Waals surface area contributed by atoms with Gasteiger partial charge in [0.2, 0.25) is 0 Å². The molecular formula is C18H24F2N2O3. The molecule has 7 heteroatoms. The summed E-state index contributed by atoms with van der Waals surface area (Å²) >= 11 is 0. The molecule has 1 aromatic carbocycles. The Bertz CT molecular complexity index is 571. The smallest absolute Gasteiger partial charge is 0.387 e. The Balaban J connectivity index is 1.49. The van der Waals surface area contributed by atoms with E-state index in [4.69, 9.17) is 4.74 Å². The molecule has 1 atom stereocenters. The number of benzene rings is 1. The van der Waals surface area contributed by atoms with Gasteiger partial charge < -0.3 is 19.7 Å². The fraction of sp³-hybridized carbons (Fsp3) is 0.611. The van der Waals surface area contributed by atoms with Gasteiger partial charge >= 0.3 is 6.61 Å². The van der Waals surface area contributed by atoms with Crippen LogP contribution in [0.25, 0.3) is 0 Å². The average Bonchev–Trinajstić information content (AvgIpc) is 3.09. The number of halogens is 2. The second kappa shape index (κ2) is 8.58. The van der Waals surface area contributed by atoms with Gasteiger partial charge in [0.15, 0.2) is 0 Å². The van der Waals surface area contributed by atoms with Crippen molar-refractivity contribution in [2.75, 3.05) is 26.2 Å². The van der Waals surface area contributed by atoms with Crippen LogP contribution in [0.5, 0.6) is 5.75 Å². The van der Waals surface area contributed by atoms with E-state index >= 15 is 0 Å². The van der Waals surface area contributed by atoms with Gasteiger partial charge in [-0.3, -0.25) is 4.79 Å². The third-order valence-electron chi connectivity index (χ3n) is 4.76. The molecule has 5 nitrogen and oxygen atoms in total. The summed E-state index contributed by atoms with van der Waals surface area (Å²) in [6.45, 7) is 0.665. The van der Waals surface area contributed by atoms with E-state index in [1.807, 2.05) is 0 Å². The van der Waals surface area contributed by atoms with Gasteiger partial charge in [0.05, 0.1) is 11.7 Å². The van der Waals surface area contributed by atoms with E-state index in [-0.39, 0.29) is 23.3 Å². The van der Waals surface area contributed by atoms with E-state index in [9.17, 15) is 13.6 Å². The Kier molecular flexibility index (Phi) is 6.20. The van der Waals surface area contributed by atoms with Crippen LogP contribution < -0.4 is 10.1 Å². The Morgan fingerprint density at radius 1 is 1.28 bits per heavy atom. The molecule has 0 unspecified atom stereocenters. The number of piperidine rings is 1. The molecule has 0 aliphatic carbocycles. The number of ether oxygens (including phenoxy) is 2. The molecule has 2 aliphatic rings. The third kappa shape index (κ3) is 5.12. The van der Waals surface area contributed by atoms with Crippen molar-refractivity contribution < 1.29 is 23.0 Å². The van der Waals surface area contributed by atoms with Crippen molar-refractivity contribution in [3.8, 4) is 5.75 Å². The standard InChI is InChI=1S/C18H24F2N2O3/c19-18(20)25-16-6-2-1-5-15(16)17(23)21-13-7-9-22(10-8-13)12-14-4-3-11-24-14/h1-2,5-6,13-14,18H,3-4,7-12H2,(H,21,23)/t14-/m1/s1. The van der Waals surface area contributed by atoms with Crippen molar-refractivity contribution in [1.82, 2.24) is 10.2 Å². The number of hydrogen-bond donors (Lipinski definition) is 1. The minimum Gasteiger partial charge on any atom is -0.434 e. The molecule has 0 bridgehead atoms. The van der Waals surface area contributed by atoms with Crippen LogP contribution >= 0.6 is 0 Å². The first-order valence-corrected chi connectivity index (χ1v) is 8.80. The molecule has 138 valence electrons. The van der Waals surface area contributed by atoms with Gasteiger partial charge in [-0.25, -0.2) is 0 Å². The first-order valence-electron chi connectivity index (χ1n) is 8.80. The van der Waals surface area contributed by atoms with Gasteiger partial charge in [0.25, 0.3) is 5.91 Å². The van der Waals surface area contributed by atoms with Crippen molar-refractivity contribution in [2.24, 2.45) is 0 Å². The molecule has 1 amide bonds. The molecule has 1 aromatic rings. The lowest BCUT2D eigenvalue weighted by Crippen LogP contribution is -2.46. The van der Waals surface area contributed by atoms with Gasteiger partial charge in [-0.1, -0.05) is 12.1 Å². The summed E-state index contributed by atoms with van der Waals surface area (Å²) in [4.78, 5) is 14.8. The summed E-state index contributed by atoms with van der Waals surface area (Å²) in [5.74, 6) is -0.459. The second-order valence-corrected chi connectivity index (χ2v) is 6.56. The van der Waals surface area contributed by atoms with Crippen LogP contribution in [0.3, 0.4) is 0 Å². The summed E-state index contributed by atoms with van der Waals surface area (Å²) in [6.07, 6.45) is 4.28. The third-order valence-corrected chi connectivity index (χ3v) is 4.76. The molecule has 1 N–H and O–H groups in total. The summed E-state index contributed by atoms with van der Waals surface area (Å²) in [6, 6.07) is 6.13. The van der Waals surface area contributed by atoms with E-state index in [1.54, 1.807) is 12.1 Å². The van der Waals surface area contributed by atoms with E-state index in [1.165, 1.54) is 12.1 Å². The number of alkyl halides is 2. The maximum Gasteiger partial charge on any atom is 0.387 e. The van der Waals surface area contributed by atoms with Crippen molar-refractivity contribution in [2.45, 2.75) is 44.4 Å². The molecule has 2 fully saturated rings. The quantitative estimate of drug-likeness (QED) is 0.853. The summed E-state index contributed by atoms with van der Waals surface area (Å²) in [7, 11) is 0. The number of carbonyl (C=O) groups excluding carboxylic acids is 1. The fourth-order valence-corrected chi connectivity index (χ4v) is 3.45. The molecule has 2 saturated heterocycles. The topological polar surface area (TPSA) is 50.8 Å². The van der Waals surface area contributed by atoms with Gasteiger partial charge in [-0.2, -0.15) is 8.78 Å². The number of carbonyl (C=O) groups is 1. The van der Waals surface area contributed by atoms with E-state index in [0.29, 0.717) is 6.10 Å². The number of nitrogens with one attached hydrogen (secondary N) is 1. The van der Waals surface area contributed by atoms with Crippen LogP contribution in [0.15, 0.2) is 24.3 Å². The van der Waals surface area contributed by atoms with Crippen LogP contribution in [0.2, 0.25) is 0 Å². The van der Waals surface area contributed by atoms with E-state index < -0.39 is 6.61 Å². The van der Waals surface area contributed by atoms with Crippen LogP contribution in [0.1, 0.15) is 36.0 Å². The monoisotopic (exact) mass is 354 g/mol. The molecule has 0 aromatic heterocycles. The highest BCUT2D eigenvalue weighted by molar-refractivity contribution is 5.97. The molecule has 2 aliphatic heterocycles. The second-order valence-electron chi connectivity index (χ2n) is 6.56.